The molecule has 1 heterocycles. The fourth-order valence-electron chi connectivity index (χ4n) is 3.32. The van der Waals surface area contributed by atoms with Gasteiger partial charge in [0, 0.05) is 18.2 Å². The number of carbonyl (C=O) groups is 2. The average Bonchev–Trinajstić information content (AvgIpc) is 2.61. The molecule has 2 aromatic carbocycles. The Hall–Kier alpha value is -2.69. The van der Waals surface area contributed by atoms with E-state index in [1.165, 1.54) is 12.1 Å². The minimum atomic E-state index is -0.883. The molecule has 25 heavy (non-hydrogen) atoms. The zero-order valence-corrected chi connectivity index (χ0v) is 13.8. The highest BCUT2D eigenvalue weighted by Gasteiger charge is 2.29. The van der Waals surface area contributed by atoms with Crippen molar-refractivity contribution in [2.75, 3.05) is 6.54 Å². The van der Waals surface area contributed by atoms with Crippen LogP contribution in [-0.2, 0) is 4.79 Å². The number of hydrogen-bond acceptors (Lipinski definition) is 2. The van der Waals surface area contributed by atoms with Crippen molar-refractivity contribution in [1.29, 1.82) is 0 Å². The summed E-state index contributed by atoms with van der Waals surface area (Å²) < 4.78 is 13.3. The Morgan fingerprint density at radius 1 is 1.08 bits per heavy atom. The third-order valence-electron chi connectivity index (χ3n) is 4.59. The van der Waals surface area contributed by atoms with E-state index < -0.39 is 5.97 Å². The van der Waals surface area contributed by atoms with E-state index in [0.29, 0.717) is 12.1 Å². The minimum absolute atomic E-state index is 0.0207. The summed E-state index contributed by atoms with van der Waals surface area (Å²) in [6.45, 7) is 0.586. The second-order valence-corrected chi connectivity index (χ2v) is 6.33. The highest BCUT2D eigenvalue weighted by molar-refractivity contribution is 5.95. The smallest absolute Gasteiger partial charge is 0.305 e. The maximum Gasteiger partial charge on any atom is 0.305 e. The van der Waals surface area contributed by atoms with Gasteiger partial charge in [-0.05, 0) is 54.7 Å². The van der Waals surface area contributed by atoms with E-state index in [0.717, 1.165) is 30.4 Å². The number of halogens is 1. The quantitative estimate of drug-likeness (QED) is 0.916. The summed E-state index contributed by atoms with van der Waals surface area (Å²) in [6, 6.07) is 13.1. The van der Waals surface area contributed by atoms with E-state index in [1.807, 2.05) is 6.07 Å². The summed E-state index contributed by atoms with van der Waals surface area (Å²) >= 11 is 0. The standard InChI is InChI=1S/C20H20FNO3/c21-17-5-3-4-16(12-17)14-7-9-15(10-8-14)20(25)22-11-2-1-6-18(22)13-19(23)24/h3-5,7-10,12,18H,1-2,6,11,13H2,(H,23,24)/t18-/m0/s1. The van der Waals surface area contributed by atoms with Crippen molar-refractivity contribution >= 4 is 11.9 Å². The molecule has 1 saturated heterocycles. The lowest BCUT2D eigenvalue weighted by Gasteiger charge is -2.35. The predicted molar refractivity (Wildman–Crippen MR) is 92.8 cm³/mol. The molecule has 1 aliphatic rings. The molecular formula is C20H20FNO3. The third kappa shape index (κ3) is 4.05. The molecule has 1 atom stereocenters. The van der Waals surface area contributed by atoms with Gasteiger partial charge in [0.1, 0.15) is 5.82 Å². The Bertz CT molecular complexity index is 773. The number of nitrogens with zero attached hydrogens (tertiary/aromatic N) is 1. The lowest BCUT2D eigenvalue weighted by atomic mass is 9.97. The van der Waals surface area contributed by atoms with Gasteiger partial charge in [-0.3, -0.25) is 9.59 Å². The van der Waals surface area contributed by atoms with Crippen LogP contribution in [0.4, 0.5) is 4.39 Å². The molecule has 5 heteroatoms. The van der Waals surface area contributed by atoms with Crippen LogP contribution < -0.4 is 0 Å². The lowest BCUT2D eigenvalue weighted by Crippen LogP contribution is -2.44. The number of carboxylic acid groups (broad SMARTS) is 1. The van der Waals surface area contributed by atoms with Gasteiger partial charge >= 0.3 is 5.97 Å². The molecule has 0 radical (unpaired) electrons. The molecule has 1 aliphatic heterocycles. The van der Waals surface area contributed by atoms with Crippen molar-refractivity contribution in [3.05, 3.63) is 59.9 Å². The molecule has 0 bridgehead atoms. The molecule has 1 fully saturated rings. The van der Waals surface area contributed by atoms with Crippen molar-refractivity contribution in [2.24, 2.45) is 0 Å². The Morgan fingerprint density at radius 3 is 2.52 bits per heavy atom. The fraction of sp³-hybridized carbons (Fsp3) is 0.300. The zero-order valence-electron chi connectivity index (χ0n) is 13.8. The summed E-state index contributed by atoms with van der Waals surface area (Å²) in [4.78, 5) is 25.5. The summed E-state index contributed by atoms with van der Waals surface area (Å²) in [5.41, 5.74) is 2.11. The number of benzene rings is 2. The number of rotatable bonds is 4. The van der Waals surface area contributed by atoms with Crippen LogP contribution in [0.15, 0.2) is 48.5 Å². The molecule has 0 saturated carbocycles. The number of likely N-dealkylation sites (tertiary alicyclic amines) is 1. The normalized spacial score (nSPS) is 17.3. The molecular weight excluding hydrogens is 321 g/mol. The molecule has 1 N–H and O–H groups in total. The molecule has 1 amide bonds. The maximum absolute atomic E-state index is 13.3. The van der Waals surface area contributed by atoms with Crippen molar-refractivity contribution in [2.45, 2.75) is 31.7 Å². The summed E-state index contributed by atoms with van der Waals surface area (Å²) in [5.74, 6) is -1.33. The van der Waals surface area contributed by atoms with Gasteiger partial charge in [0.2, 0.25) is 0 Å². The minimum Gasteiger partial charge on any atom is -0.481 e. The molecule has 0 unspecified atom stereocenters. The average molecular weight is 341 g/mol. The van der Waals surface area contributed by atoms with Gasteiger partial charge in [-0.15, -0.1) is 0 Å². The number of hydrogen-bond donors (Lipinski definition) is 1. The van der Waals surface area contributed by atoms with Crippen LogP contribution in [0.3, 0.4) is 0 Å². The number of aliphatic carboxylic acids is 1. The summed E-state index contributed by atoms with van der Waals surface area (Å²) in [5, 5.41) is 9.05. The summed E-state index contributed by atoms with van der Waals surface area (Å²) in [7, 11) is 0. The topological polar surface area (TPSA) is 57.6 Å². The van der Waals surface area contributed by atoms with Crippen LogP contribution in [0.25, 0.3) is 11.1 Å². The fourth-order valence-corrected chi connectivity index (χ4v) is 3.32. The Labute approximate surface area is 145 Å². The van der Waals surface area contributed by atoms with Crippen molar-refractivity contribution in [1.82, 2.24) is 4.90 Å². The Balaban J connectivity index is 1.79. The van der Waals surface area contributed by atoms with Crippen LogP contribution in [0.2, 0.25) is 0 Å². The van der Waals surface area contributed by atoms with Gasteiger partial charge in [0.15, 0.2) is 0 Å². The molecule has 0 aromatic heterocycles. The van der Waals surface area contributed by atoms with E-state index in [-0.39, 0.29) is 24.2 Å². The molecule has 2 aromatic rings. The third-order valence-corrected chi connectivity index (χ3v) is 4.59. The Kier molecular flexibility index (Phi) is 5.12. The van der Waals surface area contributed by atoms with Crippen LogP contribution in [-0.4, -0.2) is 34.5 Å². The first-order valence-corrected chi connectivity index (χ1v) is 8.43. The number of amides is 1. The van der Waals surface area contributed by atoms with Gasteiger partial charge < -0.3 is 10.0 Å². The van der Waals surface area contributed by atoms with Gasteiger partial charge in [-0.1, -0.05) is 24.3 Å². The van der Waals surface area contributed by atoms with Crippen LogP contribution in [0.1, 0.15) is 36.0 Å². The number of carbonyl (C=O) groups excluding carboxylic acids is 1. The van der Waals surface area contributed by atoms with E-state index in [1.54, 1.807) is 35.2 Å². The zero-order chi connectivity index (χ0) is 17.8. The number of piperidine rings is 1. The van der Waals surface area contributed by atoms with Gasteiger partial charge in [0.05, 0.1) is 6.42 Å². The molecule has 0 aliphatic carbocycles. The van der Waals surface area contributed by atoms with Crippen LogP contribution in [0.5, 0.6) is 0 Å². The van der Waals surface area contributed by atoms with Crippen molar-refractivity contribution in [3.63, 3.8) is 0 Å². The SMILES string of the molecule is O=C(O)C[C@@H]1CCCCN1C(=O)c1ccc(-c2cccc(F)c2)cc1. The monoisotopic (exact) mass is 341 g/mol. The van der Waals surface area contributed by atoms with Crippen LogP contribution >= 0.6 is 0 Å². The van der Waals surface area contributed by atoms with Crippen molar-refractivity contribution < 1.29 is 19.1 Å². The largest absolute Gasteiger partial charge is 0.481 e. The molecule has 4 nitrogen and oxygen atoms in total. The van der Waals surface area contributed by atoms with E-state index in [9.17, 15) is 14.0 Å². The molecule has 3 rings (SSSR count). The van der Waals surface area contributed by atoms with Gasteiger partial charge in [-0.2, -0.15) is 0 Å². The summed E-state index contributed by atoms with van der Waals surface area (Å²) in [6.07, 6.45) is 2.54. The van der Waals surface area contributed by atoms with E-state index >= 15 is 0 Å². The predicted octanol–water partition coefficient (Wildman–Crippen LogP) is 3.96. The number of carboxylic acids is 1. The maximum atomic E-state index is 13.3. The van der Waals surface area contributed by atoms with Gasteiger partial charge in [-0.25, -0.2) is 4.39 Å². The lowest BCUT2D eigenvalue weighted by molar-refractivity contribution is -0.138. The molecule has 0 spiro atoms. The first kappa shape index (κ1) is 17.1. The van der Waals surface area contributed by atoms with Crippen LogP contribution in [0, 0.1) is 5.82 Å². The Morgan fingerprint density at radius 2 is 1.84 bits per heavy atom. The molecule has 130 valence electrons. The van der Waals surface area contributed by atoms with E-state index in [4.69, 9.17) is 5.11 Å². The second kappa shape index (κ2) is 7.47. The van der Waals surface area contributed by atoms with Crippen molar-refractivity contribution in [3.8, 4) is 11.1 Å². The van der Waals surface area contributed by atoms with E-state index in [2.05, 4.69) is 0 Å². The first-order valence-electron chi connectivity index (χ1n) is 8.43. The highest BCUT2D eigenvalue weighted by Crippen LogP contribution is 2.24. The highest BCUT2D eigenvalue weighted by atomic mass is 19.1. The van der Waals surface area contributed by atoms with Gasteiger partial charge in [0.25, 0.3) is 5.91 Å². The first-order chi connectivity index (χ1) is 12.0. The second-order valence-electron chi connectivity index (χ2n) is 6.33.